The lowest BCUT2D eigenvalue weighted by atomic mass is 9.96. The van der Waals surface area contributed by atoms with Gasteiger partial charge < -0.3 is 54.8 Å². The van der Waals surface area contributed by atoms with E-state index in [0.717, 1.165) is 6.08 Å². The molecule has 0 bridgehead atoms. The number of aliphatic hydroxyl groups is 4. The third kappa shape index (κ3) is 7.03. The number of aliphatic hydroxyl groups excluding tert-OH is 4. The molecule has 17 nitrogen and oxygen atoms in total. The fraction of sp³-hybridized carbons (Fsp3) is 0.722. The molecule has 37 heavy (non-hydrogen) atoms. The average Bonchev–Trinajstić information content (AvgIpc) is 3.03. The molecule has 212 valence electrons. The van der Waals surface area contributed by atoms with Crippen molar-refractivity contribution in [3.63, 3.8) is 0 Å². The summed E-state index contributed by atoms with van der Waals surface area (Å²) in [5.41, 5.74) is 0. The molecule has 0 aromatic rings. The van der Waals surface area contributed by atoms with Gasteiger partial charge in [0.2, 0.25) is 0 Å². The highest BCUT2D eigenvalue weighted by Gasteiger charge is 2.50. The number of carbonyl (C=O) groups excluding carboxylic acids is 1. The zero-order valence-electron chi connectivity index (χ0n) is 20.0. The van der Waals surface area contributed by atoms with Crippen molar-refractivity contribution >= 4 is 21.6 Å². The predicted octanol–water partition coefficient (Wildman–Crippen LogP) is -2.50. The van der Waals surface area contributed by atoms with Gasteiger partial charge in [-0.25, -0.2) is 9.13 Å². The standard InChI is InChI=1S/C18H31N3O14P2/c1-8-13(23)12(20(3)4)15(25)18(32-8)34-37(29,30)35-36(27,28)31-7-10-14(24)16(26)17(33-10)21-6-5-11(22)19-9(21)2/h5-6,8,10,12-18,23-26H,2,7H2,1,3-4H3,(H,19,22)(H,27,28)(H,29,30)/t8?,10-,12+,13+,14?,15?,16+,17-,18+/m1/s1. The Balaban J connectivity index is 1.59. The van der Waals surface area contributed by atoms with Crippen LogP contribution in [0, 0.1) is 0 Å². The number of carbonyl (C=O) groups is 1. The number of rotatable bonds is 9. The van der Waals surface area contributed by atoms with E-state index in [1.165, 1.54) is 37.0 Å². The molecule has 7 N–H and O–H groups in total. The number of phosphoric acid groups is 2. The van der Waals surface area contributed by atoms with Crippen molar-refractivity contribution in [3.8, 4) is 0 Å². The molecule has 0 aromatic carbocycles. The van der Waals surface area contributed by atoms with Gasteiger partial charge >= 0.3 is 15.6 Å². The Kier molecular flexibility index (Phi) is 9.37. The van der Waals surface area contributed by atoms with Gasteiger partial charge in [0.05, 0.1) is 24.9 Å². The second kappa shape index (κ2) is 11.5. The first-order chi connectivity index (χ1) is 17.0. The Morgan fingerprint density at radius 3 is 2.32 bits per heavy atom. The number of likely N-dealkylation sites (N-methyl/N-ethyl adjacent to an activating group) is 1. The Labute approximate surface area is 211 Å². The van der Waals surface area contributed by atoms with Gasteiger partial charge in [0.15, 0.2) is 12.5 Å². The number of nitrogens with one attached hydrogen (secondary N) is 1. The maximum Gasteiger partial charge on any atom is 0.483 e. The predicted molar refractivity (Wildman–Crippen MR) is 121 cm³/mol. The van der Waals surface area contributed by atoms with E-state index in [-0.39, 0.29) is 5.82 Å². The van der Waals surface area contributed by atoms with E-state index in [4.69, 9.17) is 14.0 Å². The molecule has 0 aliphatic carbocycles. The third-order valence-corrected chi connectivity index (χ3v) is 8.43. The van der Waals surface area contributed by atoms with Crippen LogP contribution in [0.3, 0.4) is 0 Å². The fourth-order valence-corrected chi connectivity index (χ4v) is 6.16. The van der Waals surface area contributed by atoms with E-state index in [1.54, 1.807) is 0 Å². The average molecular weight is 575 g/mol. The van der Waals surface area contributed by atoms with Gasteiger partial charge in [0.25, 0.3) is 5.91 Å². The number of amides is 1. The largest absolute Gasteiger partial charge is 0.483 e. The van der Waals surface area contributed by atoms with Crippen LogP contribution in [-0.4, -0.2) is 122 Å². The summed E-state index contributed by atoms with van der Waals surface area (Å²) in [6.07, 6.45) is -9.10. The van der Waals surface area contributed by atoms with Crippen LogP contribution in [-0.2, 0) is 36.8 Å². The van der Waals surface area contributed by atoms with Crippen LogP contribution in [0.5, 0.6) is 0 Å². The summed E-state index contributed by atoms with van der Waals surface area (Å²) >= 11 is 0. The molecule has 3 rings (SSSR count). The number of hydrogen-bond acceptors (Lipinski definition) is 14. The molecular formula is C18H31N3O14P2. The minimum Gasteiger partial charge on any atom is -0.389 e. The van der Waals surface area contributed by atoms with Crippen LogP contribution < -0.4 is 5.32 Å². The highest BCUT2D eigenvalue weighted by Crippen LogP contribution is 2.61. The van der Waals surface area contributed by atoms with E-state index >= 15 is 0 Å². The summed E-state index contributed by atoms with van der Waals surface area (Å²) in [6.45, 7) is 4.13. The number of hydrogen-bond donors (Lipinski definition) is 7. The zero-order chi connectivity index (χ0) is 27.9. The molecule has 11 atom stereocenters. The number of ether oxygens (including phenoxy) is 2. The Bertz CT molecular complexity index is 997. The first kappa shape index (κ1) is 30.3. The monoisotopic (exact) mass is 575 g/mol. The van der Waals surface area contributed by atoms with Gasteiger partial charge in [0, 0.05) is 12.3 Å². The summed E-state index contributed by atoms with van der Waals surface area (Å²) in [6, 6.07) is -0.967. The van der Waals surface area contributed by atoms with Crippen molar-refractivity contribution in [2.24, 2.45) is 0 Å². The molecule has 0 radical (unpaired) electrons. The summed E-state index contributed by atoms with van der Waals surface area (Å²) in [5.74, 6) is -0.442. The molecule has 5 unspecified atom stereocenters. The quantitative estimate of drug-likeness (QED) is 0.141. The van der Waals surface area contributed by atoms with Crippen LogP contribution in [0.1, 0.15) is 6.92 Å². The van der Waals surface area contributed by atoms with Crippen molar-refractivity contribution in [1.82, 2.24) is 15.1 Å². The molecule has 0 spiro atoms. The van der Waals surface area contributed by atoms with Crippen molar-refractivity contribution in [3.05, 3.63) is 24.7 Å². The fourth-order valence-electron chi connectivity index (χ4n) is 4.01. The summed E-state index contributed by atoms with van der Waals surface area (Å²) in [4.78, 5) is 34.0. The molecule has 3 heterocycles. The molecule has 19 heteroatoms. The van der Waals surface area contributed by atoms with Gasteiger partial charge in [-0.1, -0.05) is 6.58 Å². The lowest BCUT2D eigenvalue weighted by molar-refractivity contribution is -0.256. The third-order valence-electron chi connectivity index (χ3n) is 5.83. The van der Waals surface area contributed by atoms with Crippen LogP contribution in [0.15, 0.2) is 24.7 Å². The van der Waals surface area contributed by atoms with Crippen molar-refractivity contribution in [1.29, 1.82) is 0 Å². The number of nitrogens with zero attached hydrogens (tertiary/aromatic N) is 2. The summed E-state index contributed by atoms with van der Waals surface area (Å²) in [5, 5.41) is 43.5. The van der Waals surface area contributed by atoms with Crippen LogP contribution in [0.25, 0.3) is 0 Å². The molecule has 1 amide bonds. The minimum absolute atomic E-state index is 0.0327. The van der Waals surface area contributed by atoms with Crippen LogP contribution >= 0.6 is 15.6 Å². The topological polar surface area (TPSA) is 237 Å². The molecule has 0 saturated carbocycles. The van der Waals surface area contributed by atoms with Crippen LogP contribution in [0.4, 0.5) is 0 Å². The Morgan fingerprint density at radius 1 is 1.08 bits per heavy atom. The Hall–Kier alpha value is -1.27. The van der Waals surface area contributed by atoms with Crippen molar-refractivity contribution < 1.29 is 67.0 Å². The van der Waals surface area contributed by atoms with E-state index in [9.17, 15) is 44.1 Å². The lowest BCUT2D eigenvalue weighted by Gasteiger charge is -2.44. The molecule has 2 fully saturated rings. The maximum atomic E-state index is 12.4. The van der Waals surface area contributed by atoms with Gasteiger partial charge in [-0.3, -0.25) is 13.8 Å². The Morgan fingerprint density at radius 2 is 1.73 bits per heavy atom. The van der Waals surface area contributed by atoms with Gasteiger partial charge in [0.1, 0.15) is 30.2 Å². The normalized spacial score (nSPS) is 39.9. The van der Waals surface area contributed by atoms with E-state index in [2.05, 4.69) is 20.7 Å². The highest BCUT2D eigenvalue weighted by atomic mass is 31.3. The lowest BCUT2D eigenvalue weighted by Crippen LogP contribution is -2.62. The number of phosphoric ester groups is 2. The van der Waals surface area contributed by atoms with Crippen molar-refractivity contribution in [2.45, 2.75) is 62.1 Å². The smallest absolute Gasteiger partial charge is 0.389 e. The minimum atomic E-state index is -5.40. The molecule has 3 aliphatic heterocycles. The van der Waals surface area contributed by atoms with Crippen LogP contribution in [0.2, 0.25) is 0 Å². The second-order valence-corrected chi connectivity index (χ2v) is 11.8. The summed E-state index contributed by atoms with van der Waals surface area (Å²) in [7, 11) is -7.68. The molecule has 3 aliphatic rings. The van der Waals surface area contributed by atoms with Crippen molar-refractivity contribution in [2.75, 3.05) is 20.7 Å². The molecule has 2 saturated heterocycles. The molecular weight excluding hydrogens is 544 g/mol. The van der Waals surface area contributed by atoms with E-state index in [1.807, 2.05) is 0 Å². The first-order valence-electron chi connectivity index (χ1n) is 10.9. The zero-order valence-corrected chi connectivity index (χ0v) is 21.8. The SMILES string of the molecule is C=C1NC(=O)C=CN1[C@@H]1O[C@H](COP(=O)(O)OP(=O)(O)O[C@@H]2OC(C)[C@H](O)[C@H](N(C)C)C2O)C(O)[C@@H]1O. The van der Waals surface area contributed by atoms with Gasteiger partial charge in [-0.05, 0) is 21.0 Å². The summed E-state index contributed by atoms with van der Waals surface area (Å²) < 4.78 is 49.0. The maximum absolute atomic E-state index is 12.4. The van der Waals surface area contributed by atoms with E-state index in [0.29, 0.717) is 0 Å². The van der Waals surface area contributed by atoms with E-state index < -0.39 is 83.3 Å². The second-order valence-electron chi connectivity index (χ2n) is 8.77. The highest BCUT2D eigenvalue weighted by molar-refractivity contribution is 7.61. The van der Waals surface area contributed by atoms with Gasteiger partial charge in [-0.2, -0.15) is 4.31 Å². The molecule has 0 aromatic heterocycles. The van der Waals surface area contributed by atoms with Gasteiger partial charge in [-0.15, -0.1) is 0 Å². The first-order valence-corrected chi connectivity index (χ1v) is 13.9.